The lowest BCUT2D eigenvalue weighted by molar-refractivity contribution is 1.04. The average molecular weight is 157 g/mol. The minimum Gasteiger partial charge on any atom is -0.338 e. The van der Waals surface area contributed by atoms with Gasteiger partial charge in [0.15, 0.2) is 0 Å². The summed E-state index contributed by atoms with van der Waals surface area (Å²) in [5.41, 5.74) is 1.37. The van der Waals surface area contributed by atoms with Gasteiger partial charge in [0.2, 0.25) is 0 Å². The molecule has 0 unspecified atom stereocenters. The van der Waals surface area contributed by atoms with Gasteiger partial charge in [-0.05, 0) is 12.1 Å². The summed E-state index contributed by atoms with van der Waals surface area (Å²) in [5.74, 6) is 5.64. The Morgan fingerprint density at radius 1 is 1.33 bits per heavy atom. The van der Waals surface area contributed by atoms with Crippen molar-refractivity contribution in [3.8, 4) is 6.07 Å². The molecule has 1 heterocycles. The van der Waals surface area contributed by atoms with Crippen LogP contribution in [-0.4, -0.2) is 4.68 Å². The third-order valence-electron chi connectivity index (χ3n) is 1.86. The summed E-state index contributed by atoms with van der Waals surface area (Å²) in [6.07, 6.45) is 0. The highest BCUT2D eigenvalue weighted by molar-refractivity contribution is 5.82. The number of nitrogens with two attached hydrogens (primary N) is 1. The maximum absolute atomic E-state index is 8.67. The molecule has 12 heavy (non-hydrogen) atoms. The van der Waals surface area contributed by atoms with Crippen LogP contribution in [0.25, 0.3) is 10.9 Å². The second-order valence-electron chi connectivity index (χ2n) is 2.57. The van der Waals surface area contributed by atoms with E-state index in [2.05, 4.69) is 0 Å². The third-order valence-corrected chi connectivity index (χ3v) is 1.86. The zero-order valence-electron chi connectivity index (χ0n) is 6.36. The number of aromatic nitrogens is 1. The Bertz CT molecular complexity index is 462. The van der Waals surface area contributed by atoms with Gasteiger partial charge < -0.3 is 5.84 Å². The molecule has 2 aromatic rings. The molecule has 3 heteroatoms. The molecule has 0 aliphatic rings. The first kappa shape index (κ1) is 6.74. The summed E-state index contributed by atoms with van der Waals surface area (Å²) >= 11 is 0. The number of hydrogen-bond donors (Lipinski definition) is 1. The second kappa shape index (κ2) is 2.28. The molecule has 0 aliphatic heterocycles. The molecule has 0 fully saturated rings. The summed E-state index contributed by atoms with van der Waals surface area (Å²) in [7, 11) is 0. The van der Waals surface area contributed by atoms with Crippen molar-refractivity contribution in [1.82, 2.24) is 4.68 Å². The Morgan fingerprint density at radius 2 is 2.08 bits per heavy atom. The largest absolute Gasteiger partial charge is 0.338 e. The van der Waals surface area contributed by atoms with E-state index in [0.29, 0.717) is 5.69 Å². The molecule has 0 spiro atoms. The van der Waals surface area contributed by atoms with Crippen LogP contribution in [0, 0.1) is 11.3 Å². The van der Waals surface area contributed by atoms with Gasteiger partial charge in [-0.2, -0.15) is 5.26 Å². The Balaban J connectivity index is 2.90. The number of hydrogen-bond acceptors (Lipinski definition) is 2. The molecule has 0 saturated carbocycles. The van der Waals surface area contributed by atoms with Crippen LogP contribution in [0.5, 0.6) is 0 Å². The Hall–Kier alpha value is -1.95. The topological polar surface area (TPSA) is 54.7 Å². The van der Waals surface area contributed by atoms with Gasteiger partial charge in [0.25, 0.3) is 0 Å². The number of para-hydroxylation sites is 1. The fourth-order valence-corrected chi connectivity index (χ4v) is 1.26. The normalized spacial score (nSPS) is 9.92. The van der Waals surface area contributed by atoms with Gasteiger partial charge in [-0.1, -0.05) is 18.2 Å². The number of nitrogens with zero attached hydrogens (tertiary/aromatic N) is 2. The Kier molecular flexibility index (Phi) is 1.28. The van der Waals surface area contributed by atoms with Crippen molar-refractivity contribution < 1.29 is 0 Å². The Labute approximate surface area is 69.6 Å². The summed E-state index contributed by atoms with van der Waals surface area (Å²) < 4.78 is 1.40. The molecule has 0 radical (unpaired) electrons. The molecule has 0 atom stereocenters. The molecule has 2 N–H and O–H groups in total. The van der Waals surface area contributed by atoms with Crippen molar-refractivity contribution >= 4 is 10.9 Å². The highest BCUT2D eigenvalue weighted by atomic mass is 15.3. The van der Waals surface area contributed by atoms with Crippen LogP contribution in [0.15, 0.2) is 30.3 Å². The number of fused-ring (bicyclic) bond motifs is 1. The average Bonchev–Trinajstić information content (AvgIpc) is 2.44. The van der Waals surface area contributed by atoms with E-state index >= 15 is 0 Å². The van der Waals surface area contributed by atoms with Crippen LogP contribution < -0.4 is 5.84 Å². The fraction of sp³-hybridized carbons (Fsp3) is 0. The van der Waals surface area contributed by atoms with E-state index in [1.165, 1.54) is 4.68 Å². The zero-order valence-corrected chi connectivity index (χ0v) is 6.36. The summed E-state index contributed by atoms with van der Waals surface area (Å²) in [5, 5.41) is 9.67. The monoisotopic (exact) mass is 157 g/mol. The predicted octanol–water partition coefficient (Wildman–Crippen LogP) is 1.23. The van der Waals surface area contributed by atoms with Crippen molar-refractivity contribution in [2.75, 3.05) is 5.84 Å². The molecular formula is C9H7N3. The van der Waals surface area contributed by atoms with E-state index in [-0.39, 0.29) is 0 Å². The number of benzene rings is 1. The van der Waals surface area contributed by atoms with Crippen LogP contribution in [0.1, 0.15) is 5.69 Å². The lowest BCUT2D eigenvalue weighted by atomic mass is 10.2. The van der Waals surface area contributed by atoms with Crippen LogP contribution >= 0.6 is 0 Å². The van der Waals surface area contributed by atoms with Crippen molar-refractivity contribution in [2.45, 2.75) is 0 Å². The molecule has 0 aliphatic carbocycles. The van der Waals surface area contributed by atoms with Crippen molar-refractivity contribution in [3.63, 3.8) is 0 Å². The van der Waals surface area contributed by atoms with Gasteiger partial charge in [-0.3, -0.25) is 4.68 Å². The van der Waals surface area contributed by atoms with Crippen LogP contribution in [0.2, 0.25) is 0 Å². The summed E-state index contributed by atoms with van der Waals surface area (Å²) in [6.45, 7) is 0. The van der Waals surface area contributed by atoms with Crippen molar-refractivity contribution in [1.29, 1.82) is 5.26 Å². The molecule has 1 aromatic carbocycles. The highest BCUT2D eigenvalue weighted by Gasteiger charge is 2.03. The highest BCUT2D eigenvalue weighted by Crippen LogP contribution is 2.15. The fourth-order valence-electron chi connectivity index (χ4n) is 1.26. The van der Waals surface area contributed by atoms with E-state index in [9.17, 15) is 0 Å². The molecule has 0 amide bonds. The van der Waals surface area contributed by atoms with E-state index in [1.54, 1.807) is 6.07 Å². The number of nitrogen functional groups attached to an aromatic ring is 1. The number of rotatable bonds is 0. The number of nitriles is 1. The molecule has 0 bridgehead atoms. The first-order valence-corrected chi connectivity index (χ1v) is 3.58. The first-order chi connectivity index (χ1) is 5.83. The van der Waals surface area contributed by atoms with Crippen LogP contribution in [-0.2, 0) is 0 Å². The molecule has 2 rings (SSSR count). The first-order valence-electron chi connectivity index (χ1n) is 3.58. The van der Waals surface area contributed by atoms with E-state index in [4.69, 9.17) is 11.1 Å². The SMILES string of the molecule is N#Cc1cc2ccccc2n1N. The van der Waals surface area contributed by atoms with E-state index < -0.39 is 0 Å². The zero-order chi connectivity index (χ0) is 8.55. The third kappa shape index (κ3) is 0.753. The van der Waals surface area contributed by atoms with Crippen molar-refractivity contribution in [2.24, 2.45) is 0 Å². The smallest absolute Gasteiger partial charge is 0.140 e. The van der Waals surface area contributed by atoms with Gasteiger partial charge in [0.1, 0.15) is 11.8 Å². The van der Waals surface area contributed by atoms with Crippen LogP contribution in [0.4, 0.5) is 0 Å². The standard InChI is InChI=1S/C9H7N3/c10-6-8-5-7-3-1-2-4-9(7)12(8)11/h1-5H,11H2. The lowest BCUT2D eigenvalue weighted by Crippen LogP contribution is -2.09. The van der Waals surface area contributed by atoms with Crippen molar-refractivity contribution in [3.05, 3.63) is 36.0 Å². The molecule has 58 valence electrons. The van der Waals surface area contributed by atoms with Gasteiger partial charge in [-0.15, -0.1) is 0 Å². The van der Waals surface area contributed by atoms with Gasteiger partial charge in [-0.25, -0.2) is 0 Å². The second-order valence-corrected chi connectivity index (χ2v) is 2.57. The lowest BCUT2D eigenvalue weighted by Gasteiger charge is -1.95. The Morgan fingerprint density at radius 3 is 2.75 bits per heavy atom. The molecule has 0 saturated heterocycles. The predicted molar refractivity (Wildman–Crippen MR) is 46.8 cm³/mol. The van der Waals surface area contributed by atoms with E-state index in [0.717, 1.165) is 10.9 Å². The molecular weight excluding hydrogens is 150 g/mol. The summed E-state index contributed by atoms with van der Waals surface area (Å²) in [6, 6.07) is 11.4. The molecule has 1 aromatic heterocycles. The van der Waals surface area contributed by atoms with Gasteiger partial charge in [0.05, 0.1) is 5.52 Å². The minimum absolute atomic E-state index is 0.483. The quantitative estimate of drug-likeness (QED) is 0.584. The van der Waals surface area contributed by atoms with E-state index in [1.807, 2.05) is 30.3 Å². The van der Waals surface area contributed by atoms with Crippen LogP contribution in [0.3, 0.4) is 0 Å². The van der Waals surface area contributed by atoms with Gasteiger partial charge >= 0.3 is 0 Å². The minimum atomic E-state index is 0.483. The molecule has 3 nitrogen and oxygen atoms in total. The van der Waals surface area contributed by atoms with Gasteiger partial charge in [0, 0.05) is 5.39 Å². The summed E-state index contributed by atoms with van der Waals surface area (Å²) in [4.78, 5) is 0. The maximum atomic E-state index is 8.67. The maximum Gasteiger partial charge on any atom is 0.140 e.